The van der Waals surface area contributed by atoms with Crippen LogP contribution in [-0.2, 0) is 28.8 Å². The molecular weight excluding hydrogens is 476 g/mol. The Morgan fingerprint density at radius 3 is 2.22 bits per heavy atom. The fourth-order valence-corrected chi connectivity index (χ4v) is 3.88. The number of likely N-dealkylation sites (tertiary alicyclic amines) is 1. The van der Waals surface area contributed by atoms with Gasteiger partial charge in [0.25, 0.3) is 0 Å². The third kappa shape index (κ3) is 9.77. The summed E-state index contributed by atoms with van der Waals surface area (Å²) in [5.41, 5.74) is 11.2. The lowest BCUT2D eigenvalue weighted by atomic mass is 10.0. The number of nitrogens with two attached hydrogens (primary N) is 2. The monoisotopic (exact) mass is 514 g/mol. The molecule has 0 aromatic heterocycles. The molecule has 0 spiro atoms. The maximum atomic E-state index is 13.1. The van der Waals surface area contributed by atoms with Crippen molar-refractivity contribution in [3.8, 4) is 0 Å². The highest BCUT2D eigenvalue weighted by Crippen LogP contribution is 2.19. The molecule has 1 saturated heterocycles. The molecule has 14 heteroatoms. The lowest BCUT2D eigenvalue weighted by Crippen LogP contribution is -2.58. The van der Waals surface area contributed by atoms with E-state index < -0.39 is 72.7 Å². The van der Waals surface area contributed by atoms with Crippen LogP contribution < -0.4 is 27.4 Å². The van der Waals surface area contributed by atoms with Gasteiger partial charge in [-0.3, -0.25) is 28.8 Å². The molecule has 1 aliphatic rings. The zero-order valence-electron chi connectivity index (χ0n) is 20.7. The maximum absolute atomic E-state index is 13.1. The van der Waals surface area contributed by atoms with Crippen molar-refractivity contribution in [3.05, 3.63) is 0 Å². The molecule has 0 aliphatic carbocycles. The van der Waals surface area contributed by atoms with Gasteiger partial charge in [0.1, 0.15) is 24.7 Å². The van der Waals surface area contributed by atoms with Gasteiger partial charge in [-0.15, -0.1) is 0 Å². The van der Waals surface area contributed by atoms with Gasteiger partial charge in [-0.2, -0.15) is 0 Å². The van der Waals surface area contributed by atoms with Crippen molar-refractivity contribution in [2.45, 2.75) is 76.5 Å². The summed E-state index contributed by atoms with van der Waals surface area (Å²) in [5.74, 6) is -5.41. The first-order chi connectivity index (χ1) is 16.9. The molecule has 4 amide bonds. The minimum atomic E-state index is -1.29. The maximum Gasteiger partial charge on any atom is 0.322 e. The van der Waals surface area contributed by atoms with E-state index in [0.29, 0.717) is 32.2 Å². The van der Waals surface area contributed by atoms with Gasteiger partial charge in [0.05, 0.1) is 12.5 Å². The van der Waals surface area contributed by atoms with E-state index in [1.54, 1.807) is 13.8 Å². The molecule has 0 unspecified atom stereocenters. The van der Waals surface area contributed by atoms with E-state index >= 15 is 0 Å². The van der Waals surface area contributed by atoms with Gasteiger partial charge in [0.15, 0.2) is 0 Å². The summed E-state index contributed by atoms with van der Waals surface area (Å²) in [7, 11) is 0. The molecule has 14 nitrogen and oxygen atoms in total. The van der Waals surface area contributed by atoms with Crippen LogP contribution in [0.25, 0.3) is 0 Å². The second-order valence-corrected chi connectivity index (χ2v) is 9.08. The molecule has 0 radical (unpaired) electrons. The predicted octanol–water partition coefficient (Wildman–Crippen LogP) is -2.27. The Labute approximate surface area is 209 Å². The minimum absolute atomic E-state index is 0.222. The van der Waals surface area contributed by atoms with Crippen LogP contribution in [0.15, 0.2) is 0 Å². The van der Waals surface area contributed by atoms with E-state index in [0.717, 1.165) is 0 Å². The molecule has 0 aromatic carbocycles. The zero-order valence-corrected chi connectivity index (χ0v) is 20.7. The molecule has 204 valence electrons. The molecule has 36 heavy (non-hydrogen) atoms. The van der Waals surface area contributed by atoms with E-state index in [1.807, 2.05) is 0 Å². The molecular formula is C22H38N6O8. The van der Waals surface area contributed by atoms with Gasteiger partial charge in [0.2, 0.25) is 23.6 Å². The number of amides is 4. The number of carbonyl (C=O) groups excluding carboxylic acids is 4. The van der Waals surface area contributed by atoms with E-state index in [1.165, 1.54) is 4.90 Å². The zero-order chi connectivity index (χ0) is 27.4. The number of hydrogen-bond acceptors (Lipinski definition) is 8. The SMILES string of the molecule is CC(C)[C@H](NC(=O)[C@@H]1CCCN1C(=O)[C@@H](N)CC(=O)O)C(=O)N[C@@H](CCCCN)C(=O)NCC(=O)O. The van der Waals surface area contributed by atoms with Crippen molar-refractivity contribution in [1.82, 2.24) is 20.9 Å². The Hall–Kier alpha value is -3.26. The van der Waals surface area contributed by atoms with Crippen molar-refractivity contribution in [1.29, 1.82) is 0 Å². The van der Waals surface area contributed by atoms with E-state index in [-0.39, 0.29) is 18.9 Å². The van der Waals surface area contributed by atoms with Crippen molar-refractivity contribution in [2.75, 3.05) is 19.6 Å². The highest BCUT2D eigenvalue weighted by atomic mass is 16.4. The Balaban J connectivity index is 2.92. The number of nitrogens with one attached hydrogen (secondary N) is 3. The quantitative estimate of drug-likeness (QED) is 0.116. The van der Waals surface area contributed by atoms with Crippen molar-refractivity contribution >= 4 is 35.6 Å². The predicted molar refractivity (Wildman–Crippen MR) is 127 cm³/mol. The lowest BCUT2D eigenvalue weighted by molar-refractivity contribution is -0.144. The third-order valence-electron chi connectivity index (χ3n) is 5.79. The van der Waals surface area contributed by atoms with Crippen LogP contribution in [0, 0.1) is 5.92 Å². The van der Waals surface area contributed by atoms with E-state index in [2.05, 4.69) is 16.0 Å². The summed E-state index contributed by atoms with van der Waals surface area (Å²) in [6.07, 6.45) is 1.59. The fraction of sp³-hybridized carbons (Fsp3) is 0.727. The second-order valence-electron chi connectivity index (χ2n) is 9.08. The number of rotatable bonds is 15. The summed E-state index contributed by atoms with van der Waals surface area (Å²) in [6.45, 7) is 3.39. The van der Waals surface area contributed by atoms with E-state index in [9.17, 15) is 28.8 Å². The average molecular weight is 515 g/mol. The Bertz CT molecular complexity index is 820. The van der Waals surface area contributed by atoms with Crippen molar-refractivity contribution in [2.24, 2.45) is 17.4 Å². The molecule has 1 heterocycles. The first-order valence-corrected chi connectivity index (χ1v) is 12.0. The van der Waals surface area contributed by atoms with Crippen LogP contribution in [0.5, 0.6) is 0 Å². The first-order valence-electron chi connectivity index (χ1n) is 12.0. The number of hydrogen-bond donors (Lipinski definition) is 7. The number of carboxylic acid groups (broad SMARTS) is 2. The standard InChI is InChI=1S/C22H38N6O8/c1-12(2)18(21(35)26-14(6-3-4-8-23)19(33)25-11-17(31)32)27-20(34)15-7-5-9-28(15)22(36)13(24)10-16(29)30/h12-15,18H,3-11,23-24H2,1-2H3,(H,25,33)(H,26,35)(H,27,34)(H,29,30)(H,31,32)/t13-,14-,15-,18-/m0/s1. The minimum Gasteiger partial charge on any atom is -0.481 e. The summed E-state index contributed by atoms with van der Waals surface area (Å²) >= 11 is 0. The third-order valence-corrected chi connectivity index (χ3v) is 5.79. The van der Waals surface area contributed by atoms with Gasteiger partial charge in [-0.05, 0) is 44.6 Å². The molecule has 1 fully saturated rings. The van der Waals surface area contributed by atoms with Gasteiger partial charge in [-0.1, -0.05) is 13.8 Å². The number of nitrogens with zero attached hydrogens (tertiary/aromatic N) is 1. The molecule has 0 saturated carbocycles. The largest absolute Gasteiger partial charge is 0.481 e. The van der Waals surface area contributed by atoms with Crippen molar-refractivity contribution < 1.29 is 39.0 Å². The van der Waals surface area contributed by atoms with Crippen molar-refractivity contribution in [3.63, 3.8) is 0 Å². The highest BCUT2D eigenvalue weighted by Gasteiger charge is 2.38. The van der Waals surface area contributed by atoms with Crippen LogP contribution in [0.1, 0.15) is 52.4 Å². The summed E-state index contributed by atoms with van der Waals surface area (Å²) in [5, 5.41) is 25.2. The van der Waals surface area contributed by atoms with Gasteiger partial charge in [-0.25, -0.2) is 0 Å². The molecule has 0 bridgehead atoms. The van der Waals surface area contributed by atoms with Gasteiger partial charge in [0, 0.05) is 6.54 Å². The fourth-order valence-electron chi connectivity index (χ4n) is 3.88. The smallest absolute Gasteiger partial charge is 0.322 e. The number of carbonyl (C=O) groups is 6. The number of unbranched alkanes of at least 4 members (excludes halogenated alkanes) is 1. The van der Waals surface area contributed by atoms with Crippen LogP contribution in [0.2, 0.25) is 0 Å². The normalized spacial score (nSPS) is 17.7. The Morgan fingerprint density at radius 2 is 1.67 bits per heavy atom. The summed E-state index contributed by atoms with van der Waals surface area (Å²) in [6, 6.07) is -4.28. The number of aliphatic carboxylic acids is 2. The van der Waals surface area contributed by atoms with Crippen LogP contribution in [0.3, 0.4) is 0 Å². The second kappa shape index (κ2) is 15.0. The van der Waals surface area contributed by atoms with Crippen LogP contribution in [0.4, 0.5) is 0 Å². The van der Waals surface area contributed by atoms with Gasteiger partial charge < -0.3 is 42.5 Å². The van der Waals surface area contributed by atoms with E-state index in [4.69, 9.17) is 21.7 Å². The summed E-state index contributed by atoms with van der Waals surface area (Å²) < 4.78 is 0. The number of carboxylic acids is 2. The highest BCUT2D eigenvalue weighted by molar-refractivity contribution is 5.96. The van der Waals surface area contributed by atoms with Crippen LogP contribution in [-0.4, -0.2) is 94.5 Å². The van der Waals surface area contributed by atoms with Gasteiger partial charge >= 0.3 is 11.9 Å². The summed E-state index contributed by atoms with van der Waals surface area (Å²) in [4.78, 5) is 74.0. The molecule has 1 rings (SSSR count). The van der Waals surface area contributed by atoms with Crippen LogP contribution >= 0.6 is 0 Å². The Kier molecular flexibility index (Phi) is 12.8. The molecule has 4 atom stereocenters. The molecule has 9 N–H and O–H groups in total. The lowest BCUT2D eigenvalue weighted by Gasteiger charge is -2.29. The topological polar surface area (TPSA) is 234 Å². The molecule has 0 aromatic rings. The average Bonchev–Trinajstić information content (AvgIpc) is 3.28. The first kappa shape index (κ1) is 30.8. The molecule has 1 aliphatic heterocycles. The Morgan fingerprint density at radius 1 is 1.00 bits per heavy atom.